The minimum absolute atomic E-state index is 0.0400. The molecule has 0 aliphatic carbocycles. The summed E-state index contributed by atoms with van der Waals surface area (Å²) in [7, 11) is 0. The molecule has 0 saturated carbocycles. The molecule has 7 nitrogen and oxygen atoms in total. The van der Waals surface area contributed by atoms with Gasteiger partial charge in [0, 0.05) is 12.2 Å². The Hall–Kier alpha value is -2.57. The van der Waals surface area contributed by atoms with Crippen LogP contribution in [0.15, 0.2) is 29.8 Å². The van der Waals surface area contributed by atoms with Gasteiger partial charge in [-0.1, -0.05) is 5.16 Å². The van der Waals surface area contributed by atoms with Crippen molar-refractivity contribution in [2.75, 3.05) is 0 Å². The monoisotopic (exact) mass is 275 g/mol. The van der Waals surface area contributed by atoms with E-state index in [1.807, 2.05) is 20.8 Å². The molecule has 0 aromatic carbocycles. The molecule has 2 aromatic heterocycles. The predicted molar refractivity (Wildman–Crippen MR) is 74.2 cm³/mol. The highest BCUT2D eigenvalue weighted by atomic mass is 16.5. The Morgan fingerprint density at radius 1 is 1.50 bits per heavy atom. The number of oxime groups is 1. The van der Waals surface area contributed by atoms with Gasteiger partial charge in [0.1, 0.15) is 0 Å². The zero-order valence-corrected chi connectivity index (χ0v) is 11.6. The Morgan fingerprint density at radius 3 is 2.85 bits per heavy atom. The van der Waals surface area contributed by atoms with E-state index in [9.17, 15) is 0 Å². The lowest BCUT2D eigenvalue weighted by molar-refractivity contribution is 0.318. The van der Waals surface area contributed by atoms with Gasteiger partial charge in [-0.25, -0.2) is 4.98 Å². The highest BCUT2D eigenvalue weighted by Gasteiger charge is 2.15. The molecule has 20 heavy (non-hydrogen) atoms. The number of nitrogens with two attached hydrogens (primary N) is 1. The molecule has 2 aromatic rings. The van der Waals surface area contributed by atoms with Crippen molar-refractivity contribution in [2.24, 2.45) is 10.9 Å². The average molecular weight is 275 g/mol. The van der Waals surface area contributed by atoms with Gasteiger partial charge >= 0.3 is 0 Å². The fourth-order valence-corrected chi connectivity index (χ4v) is 1.74. The second-order valence-corrected chi connectivity index (χ2v) is 4.65. The van der Waals surface area contributed by atoms with Gasteiger partial charge < -0.3 is 15.7 Å². The first-order valence-corrected chi connectivity index (χ1v) is 6.18. The molecule has 0 bridgehead atoms. The number of aryl methyl sites for hydroxylation is 1. The highest BCUT2D eigenvalue weighted by molar-refractivity contribution is 6.00. The third-order valence-corrected chi connectivity index (χ3v) is 2.81. The molecule has 0 unspecified atom stereocenters. The lowest BCUT2D eigenvalue weighted by Crippen LogP contribution is -2.16. The SMILES string of the molecule is Cc1ccnc(Oc2cnn(C(C)C)c2)c1/C(N)=N/O. The van der Waals surface area contributed by atoms with Crippen molar-refractivity contribution in [1.29, 1.82) is 0 Å². The van der Waals surface area contributed by atoms with E-state index >= 15 is 0 Å². The average Bonchev–Trinajstić information content (AvgIpc) is 2.87. The maximum Gasteiger partial charge on any atom is 0.230 e. The molecule has 0 saturated heterocycles. The quantitative estimate of drug-likeness (QED) is 0.385. The summed E-state index contributed by atoms with van der Waals surface area (Å²) in [4.78, 5) is 4.13. The van der Waals surface area contributed by atoms with Crippen LogP contribution in [-0.4, -0.2) is 25.8 Å². The van der Waals surface area contributed by atoms with Crippen LogP contribution in [0.1, 0.15) is 31.0 Å². The maximum atomic E-state index is 8.84. The van der Waals surface area contributed by atoms with Crippen LogP contribution >= 0.6 is 0 Å². The topological polar surface area (TPSA) is 98.6 Å². The molecule has 2 rings (SSSR count). The number of pyridine rings is 1. The Kier molecular flexibility index (Phi) is 3.88. The van der Waals surface area contributed by atoms with E-state index in [4.69, 9.17) is 15.7 Å². The van der Waals surface area contributed by atoms with E-state index in [2.05, 4.69) is 15.2 Å². The first-order chi connectivity index (χ1) is 9.52. The third-order valence-electron chi connectivity index (χ3n) is 2.81. The Bertz CT molecular complexity index is 633. The summed E-state index contributed by atoms with van der Waals surface area (Å²) in [6.45, 7) is 5.87. The zero-order chi connectivity index (χ0) is 14.7. The molecule has 0 radical (unpaired) electrons. The van der Waals surface area contributed by atoms with Crippen molar-refractivity contribution in [2.45, 2.75) is 26.8 Å². The number of nitrogens with zero attached hydrogens (tertiary/aromatic N) is 4. The van der Waals surface area contributed by atoms with Gasteiger partial charge in [-0.05, 0) is 32.4 Å². The number of rotatable bonds is 4. The molecule has 0 aliphatic rings. The van der Waals surface area contributed by atoms with Gasteiger partial charge in [0.25, 0.3) is 0 Å². The summed E-state index contributed by atoms with van der Waals surface area (Å²) in [5.74, 6) is 0.786. The Labute approximate surface area is 116 Å². The number of ether oxygens (including phenoxy) is 1. The van der Waals surface area contributed by atoms with Crippen LogP contribution in [0.25, 0.3) is 0 Å². The Morgan fingerprint density at radius 2 is 2.25 bits per heavy atom. The number of hydrogen-bond donors (Lipinski definition) is 2. The molecule has 0 amide bonds. The van der Waals surface area contributed by atoms with Crippen LogP contribution in [0.5, 0.6) is 11.6 Å². The third kappa shape index (κ3) is 2.71. The fraction of sp³-hybridized carbons (Fsp3) is 0.308. The first-order valence-electron chi connectivity index (χ1n) is 6.18. The first kappa shape index (κ1) is 13.9. The lowest BCUT2D eigenvalue weighted by atomic mass is 10.1. The summed E-state index contributed by atoms with van der Waals surface area (Å²) in [5.41, 5.74) is 6.93. The highest BCUT2D eigenvalue weighted by Crippen LogP contribution is 2.25. The summed E-state index contributed by atoms with van der Waals surface area (Å²) in [5, 5.41) is 16.0. The second kappa shape index (κ2) is 5.60. The Balaban J connectivity index is 2.35. The summed E-state index contributed by atoms with van der Waals surface area (Å²) in [6, 6.07) is 2.00. The van der Waals surface area contributed by atoms with E-state index < -0.39 is 0 Å². The lowest BCUT2D eigenvalue weighted by Gasteiger charge is -2.09. The minimum Gasteiger partial charge on any atom is -0.435 e. The summed E-state index contributed by atoms with van der Waals surface area (Å²) < 4.78 is 7.45. The van der Waals surface area contributed by atoms with E-state index in [-0.39, 0.29) is 17.8 Å². The van der Waals surface area contributed by atoms with Crippen molar-refractivity contribution in [3.63, 3.8) is 0 Å². The number of hydrogen-bond acceptors (Lipinski definition) is 5. The molecule has 0 fully saturated rings. The summed E-state index contributed by atoms with van der Waals surface area (Å²) >= 11 is 0. The molecule has 3 N–H and O–H groups in total. The molecule has 7 heteroatoms. The minimum atomic E-state index is -0.0400. The number of aromatic nitrogens is 3. The van der Waals surface area contributed by atoms with Gasteiger partial charge in [-0.3, -0.25) is 4.68 Å². The molecule has 0 atom stereocenters. The zero-order valence-electron chi connectivity index (χ0n) is 11.6. The molecular formula is C13H17N5O2. The van der Waals surface area contributed by atoms with Gasteiger partial charge in [0.2, 0.25) is 5.88 Å². The van der Waals surface area contributed by atoms with Gasteiger partial charge in [-0.15, -0.1) is 0 Å². The molecule has 106 valence electrons. The molecule has 2 heterocycles. The summed E-state index contributed by atoms with van der Waals surface area (Å²) in [6.07, 6.45) is 4.97. The smallest absolute Gasteiger partial charge is 0.230 e. The van der Waals surface area contributed by atoms with Crippen LogP contribution in [-0.2, 0) is 0 Å². The molecule has 0 spiro atoms. The van der Waals surface area contributed by atoms with E-state index in [0.29, 0.717) is 11.3 Å². The van der Waals surface area contributed by atoms with E-state index in [1.54, 1.807) is 29.3 Å². The van der Waals surface area contributed by atoms with Crippen LogP contribution in [0, 0.1) is 6.92 Å². The van der Waals surface area contributed by atoms with Crippen LogP contribution in [0.4, 0.5) is 0 Å². The van der Waals surface area contributed by atoms with Crippen LogP contribution in [0.3, 0.4) is 0 Å². The van der Waals surface area contributed by atoms with Crippen molar-refractivity contribution in [3.05, 3.63) is 35.8 Å². The van der Waals surface area contributed by atoms with Gasteiger partial charge in [0.05, 0.1) is 18.0 Å². The second-order valence-electron chi connectivity index (χ2n) is 4.65. The molecule has 0 aliphatic heterocycles. The van der Waals surface area contributed by atoms with Crippen LogP contribution < -0.4 is 10.5 Å². The van der Waals surface area contributed by atoms with Gasteiger partial charge in [-0.2, -0.15) is 5.10 Å². The normalized spacial score (nSPS) is 11.9. The van der Waals surface area contributed by atoms with Crippen LogP contribution in [0.2, 0.25) is 0 Å². The van der Waals surface area contributed by atoms with Crippen molar-refractivity contribution < 1.29 is 9.94 Å². The largest absolute Gasteiger partial charge is 0.435 e. The predicted octanol–water partition coefficient (Wildman–Crippen LogP) is 2.05. The van der Waals surface area contributed by atoms with Crippen molar-refractivity contribution >= 4 is 5.84 Å². The number of amidine groups is 1. The van der Waals surface area contributed by atoms with E-state index in [0.717, 1.165) is 5.56 Å². The maximum absolute atomic E-state index is 8.84. The standard InChI is InChI=1S/C13H17N5O2/c1-8(2)18-7-10(6-16-18)20-13-11(12(14)17-19)9(3)4-5-15-13/h4-8,19H,1-3H3,(H2,14,17). The molecular weight excluding hydrogens is 258 g/mol. The van der Waals surface area contributed by atoms with Crippen molar-refractivity contribution in [3.8, 4) is 11.6 Å². The van der Waals surface area contributed by atoms with E-state index in [1.165, 1.54) is 0 Å². The van der Waals surface area contributed by atoms with Gasteiger partial charge in [0.15, 0.2) is 11.6 Å². The fourth-order valence-electron chi connectivity index (χ4n) is 1.74. The van der Waals surface area contributed by atoms with Crippen molar-refractivity contribution in [1.82, 2.24) is 14.8 Å².